The Morgan fingerprint density at radius 3 is 2.79 bits per heavy atom. The molecule has 4 rings (SSSR count). The Bertz CT molecular complexity index is 1160. The third-order valence-electron chi connectivity index (χ3n) is 4.21. The van der Waals surface area contributed by atoms with E-state index >= 15 is 0 Å². The van der Waals surface area contributed by atoms with Gasteiger partial charge in [-0.25, -0.2) is 13.8 Å². The number of methoxy groups -OCH3 is 1. The van der Waals surface area contributed by atoms with Crippen molar-refractivity contribution in [2.24, 2.45) is 0 Å². The summed E-state index contributed by atoms with van der Waals surface area (Å²) in [5.74, 6) is -1.00. The first-order valence-corrected chi connectivity index (χ1v) is 8.19. The molecule has 0 aliphatic heterocycles. The first kappa shape index (κ1) is 17.5. The number of halogens is 2. The smallest absolute Gasteiger partial charge is 0.182 e. The zero-order chi connectivity index (χ0) is 19.7. The number of nitrogens with two attached hydrogens (primary N) is 1. The van der Waals surface area contributed by atoms with Gasteiger partial charge in [0.15, 0.2) is 17.5 Å². The Morgan fingerprint density at radius 2 is 1.96 bits per heavy atom. The van der Waals surface area contributed by atoms with E-state index in [0.717, 1.165) is 6.07 Å². The number of aromatic nitrogens is 5. The summed E-state index contributed by atoms with van der Waals surface area (Å²) in [5.41, 5.74) is 7.77. The molecule has 140 valence electrons. The van der Waals surface area contributed by atoms with E-state index in [1.807, 2.05) is 0 Å². The van der Waals surface area contributed by atoms with Crippen molar-refractivity contribution in [3.05, 3.63) is 66.9 Å². The van der Waals surface area contributed by atoms with Crippen molar-refractivity contribution in [1.29, 1.82) is 0 Å². The summed E-state index contributed by atoms with van der Waals surface area (Å²) < 4.78 is 34.6. The van der Waals surface area contributed by atoms with Crippen LogP contribution in [0.25, 0.3) is 28.2 Å². The van der Waals surface area contributed by atoms with Crippen LogP contribution in [-0.4, -0.2) is 31.8 Å². The van der Waals surface area contributed by atoms with Crippen LogP contribution in [0.4, 0.5) is 14.6 Å². The third-order valence-corrected chi connectivity index (χ3v) is 4.21. The summed E-state index contributed by atoms with van der Waals surface area (Å²) in [5, 5.41) is 7.86. The van der Waals surface area contributed by atoms with E-state index in [4.69, 9.17) is 10.5 Å². The molecule has 0 spiro atoms. The lowest BCUT2D eigenvalue weighted by Gasteiger charge is -2.12. The average Bonchev–Trinajstić information content (AvgIpc) is 3.20. The van der Waals surface area contributed by atoms with E-state index in [-0.39, 0.29) is 17.3 Å². The monoisotopic (exact) mass is 380 g/mol. The summed E-state index contributed by atoms with van der Waals surface area (Å²) in [6.07, 6.45) is 6.09. The topological polar surface area (TPSA) is 91.7 Å². The molecule has 9 heteroatoms. The normalized spacial score (nSPS) is 10.8. The predicted octanol–water partition coefficient (Wildman–Crippen LogP) is 3.26. The van der Waals surface area contributed by atoms with Crippen molar-refractivity contribution in [1.82, 2.24) is 24.7 Å². The van der Waals surface area contributed by atoms with Crippen LogP contribution >= 0.6 is 0 Å². The van der Waals surface area contributed by atoms with Gasteiger partial charge in [-0.15, -0.1) is 10.2 Å². The lowest BCUT2D eigenvalue weighted by atomic mass is 10.1. The number of pyridine rings is 2. The molecule has 0 radical (unpaired) electrons. The maximum atomic E-state index is 14.3. The molecule has 0 saturated heterocycles. The molecular formula is C19H14F2N6O. The molecule has 3 heterocycles. The molecule has 28 heavy (non-hydrogen) atoms. The van der Waals surface area contributed by atoms with Crippen LogP contribution in [0.5, 0.6) is 5.75 Å². The minimum absolute atomic E-state index is 0.0382. The van der Waals surface area contributed by atoms with Crippen molar-refractivity contribution < 1.29 is 13.5 Å². The Morgan fingerprint density at radius 1 is 1.11 bits per heavy atom. The molecule has 0 bridgehead atoms. The second kappa shape index (κ2) is 7.03. The molecule has 0 unspecified atom stereocenters. The van der Waals surface area contributed by atoms with Gasteiger partial charge >= 0.3 is 0 Å². The zero-order valence-corrected chi connectivity index (χ0v) is 14.7. The van der Waals surface area contributed by atoms with Gasteiger partial charge in [-0.3, -0.25) is 9.55 Å². The highest BCUT2D eigenvalue weighted by Crippen LogP contribution is 2.33. The minimum atomic E-state index is -1.01. The number of rotatable bonds is 4. The SMILES string of the molecule is COc1ccncc1-c1cnc(N)c(-c2nncn2-c2cccc(F)c2F)c1. The van der Waals surface area contributed by atoms with Gasteiger partial charge in [0.1, 0.15) is 17.9 Å². The van der Waals surface area contributed by atoms with E-state index in [0.29, 0.717) is 22.4 Å². The number of hydrogen-bond acceptors (Lipinski definition) is 6. The van der Waals surface area contributed by atoms with Gasteiger partial charge in [0, 0.05) is 29.7 Å². The van der Waals surface area contributed by atoms with Gasteiger partial charge in [-0.05, 0) is 24.3 Å². The molecule has 0 saturated carbocycles. The lowest BCUT2D eigenvalue weighted by Crippen LogP contribution is -2.04. The fourth-order valence-corrected chi connectivity index (χ4v) is 2.85. The first-order valence-electron chi connectivity index (χ1n) is 8.19. The van der Waals surface area contributed by atoms with Crippen LogP contribution in [0, 0.1) is 11.6 Å². The number of nitrogens with zero attached hydrogens (tertiary/aromatic N) is 5. The summed E-state index contributed by atoms with van der Waals surface area (Å²) in [6.45, 7) is 0. The number of anilines is 1. The molecule has 0 aliphatic rings. The fourth-order valence-electron chi connectivity index (χ4n) is 2.85. The van der Waals surface area contributed by atoms with Gasteiger partial charge in [-0.1, -0.05) is 6.07 Å². The zero-order valence-electron chi connectivity index (χ0n) is 14.7. The number of hydrogen-bond donors (Lipinski definition) is 1. The van der Waals surface area contributed by atoms with Gasteiger partial charge in [-0.2, -0.15) is 0 Å². The average molecular weight is 380 g/mol. The van der Waals surface area contributed by atoms with Crippen molar-refractivity contribution in [2.75, 3.05) is 12.8 Å². The van der Waals surface area contributed by atoms with Gasteiger partial charge in [0.2, 0.25) is 0 Å². The van der Waals surface area contributed by atoms with E-state index in [9.17, 15) is 8.78 Å². The molecule has 0 fully saturated rings. The predicted molar refractivity (Wildman–Crippen MR) is 98.7 cm³/mol. The summed E-state index contributed by atoms with van der Waals surface area (Å²) in [6, 6.07) is 7.29. The minimum Gasteiger partial charge on any atom is -0.496 e. The molecule has 0 amide bonds. The second-order valence-electron chi connectivity index (χ2n) is 5.83. The fraction of sp³-hybridized carbons (Fsp3) is 0.0526. The largest absolute Gasteiger partial charge is 0.496 e. The van der Waals surface area contributed by atoms with Crippen molar-refractivity contribution in [3.8, 4) is 34.0 Å². The highest BCUT2D eigenvalue weighted by atomic mass is 19.2. The highest BCUT2D eigenvalue weighted by molar-refractivity contribution is 5.78. The molecule has 0 atom stereocenters. The molecule has 3 aromatic heterocycles. The molecule has 4 aromatic rings. The van der Waals surface area contributed by atoms with Crippen LogP contribution in [0.3, 0.4) is 0 Å². The molecular weight excluding hydrogens is 366 g/mol. The van der Waals surface area contributed by atoms with Crippen molar-refractivity contribution >= 4 is 5.82 Å². The summed E-state index contributed by atoms with van der Waals surface area (Å²) >= 11 is 0. The van der Waals surface area contributed by atoms with Gasteiger partial charge in [0.05, 0.1) is 18.4 Å². The molecule has 0 aliphatic carbocycles. The van der Waals surface area contributed by atoms with Crippen LogP contribution in [0.2, 0.25) is 0 Å². The maximum Gasteiger partial charge on any atom is 0.182 e. The summed E-state index contributed by atoms with van der Waals surface area (Å²) in [4.78, 5) is 8.31. The Hall–Kier alpha value is -3.88. The van der Waals surface area contributed by atoms with E-state index in [2.05, 4.69) is 20.2 Å². The Balaban J connectivity index is 1.88. The van der Waals surface area contributed by atoms with Gasteiger partial charge in [0.25, 0.3) is 0 Å². The number of nitrogen functional groups attached to an aromatic ring is 1. The second-order valence-corrected chi connectivity index (χ2v) is 5.83. The summed E-state index contributed by atoms with van der Waals surface area (Å²) in [7, 11) is 1.55. The Labute approximate surface area is 158 Å². The quantitative estimate of drug-likeness (QED) is 0.584. The lowest BCUT2D eigenvalue weighted by molar-refractivity contribution is 0.416. The third kappa shape index (κ3) is 2.92. The first-order chi connectivity index (χ1) is 13.6. The van der Waals surface area contributed by atoms with E-state index in [1.54, 1.807) is 37.8 Å². The van der Waals surface area contributed by atoms with E-state index in [1.165, 1.54) is 23.0 Å². The van der Waals surface area contributed by atoms with Crippen molar-refractivity contribution in [3.63, 3.8) is 0 Å². The van der Waals surface area contributed by atoms with Crippen LogP contribution < -0.4 is 10.5 Å². The number of benzene rings is 1. The van der Waals surface area contributed by atoms with Crippen molar-refractivity contribution in [2.45, 2.75) is 0 Å². The molecule has 1 aromatic carbocycles. The van der Waals surface area contributed by atoms with Gasteiger partial charge < -0.3 is 10.5 Å². The van der Waals surface area contributed by atoms with Crippen LogP contribution in [-0.2, 0) is 0 Å². The number of ether oxygens (including phenoxy) is 1. The molecule has 7 nitrogen and oxygen atoms in total. The highest BCUT2D eigenvalue weighted by Gasteiger charge is 2.18. The van der Waals surface area contributed by atoms with Crippen LogP contribution in [0.1, 0.15) is 0 Å². The standard InChI is InChI=1S/C19H14F2N6O/c1-28-16-5-6-23-9-13(16)11-7-12(18(22)24-8-11)19-26-25-10-27(19)15-4-2-3-14(20)17(15)21/h2-10H,1H3,(H2,22,24). The Kier molecular flexibility index (Phi) is 4.40. The van der Waals surface area contributed by atoms with Crippen LogP contribution in [0.15, 0.2) is 55.2 Å². The maximum absolute atomic E-state index is 14.3. The van der Waals surface area contributed by atoms with E-state index < -0.39 is 11.6 Å². The molecule has 2 N–H and O–H groups in total.